The second-order valence-corrected chi connectivity index (χ2v) is 3.24. The second kappa shape index (κ2) is 4.45. The van der Waals surface area contributed by atoms with Crippen LogP contribution in [0.2, 0.25) is 0 Å². The molecular formula is C9H19N3. The predicted octanol–water partition coefficient (Wildman–Crippen LogP) is 0.718. The van der Waals surface area contributed by atoms with Gasteiger partial charge in [0.05, 0.1) is 6.04 Å². The van der Waals surface area contributed by atoms with E-state index in [0.29, 0.717) is 6.04 Å². The van der Waals surface area contributed by atoms with Crippen LogP contribution < -0.4 is 5.32 Å². The molecule has 1 aliphatic rings. The minimum Gasteiger partial charge on any atom is -0.358 e. The molecule has 1 saturated heterocycles. The summed E-state index contributed by atoms with van der Waals surface area (Å²) in [7, 11) is 1.88. The zero-order valence-electron chi connectivity index (χ0n) is 8.30. The Morgan fingerprint density at radius 3 is 3.00 bits per heavy atom. The maximum Gasteiger partial charge on any atom is 0.116 e. The molecule has 1 atom stereocenters. The fraction of sp³-hybridized carbons (Fsp3) is 0.889. The van der Waals surface area contributed by atoms with Gasteiger partial charge < -0.3 is 10.2 Å². The molecule has 0 amide bonds. The van der Waals surface area contributed by atoms with E-state index in [1.807, 2.05) is 7.05 Å². The van der Waals surface area contributed by atoms with Crippen LogP contribution in [0.1, 0.15) is 20.3 Å². The normalized spacial score (nSPS) is 28.1. The first-order valence-electron chi connectivity index (χ1n) is 4.74. The average Bonchev–Trinajstić information content (AvgIpc) is 2.05. The van der Waals surface area contributed by atoms with Crippen molar-refractivity contribution in [3.8, 4) is 0 Å². The number of hydrogen-bond acceptors (Lipinski definition) is 2. The van der Waals surface area contributed by atoms with Crippen LogP contribution in [-0.2, 0) is 0 Å². The smallest absolute Gasteiger partial charge is 0.116 e. The number of nitrogens with zero attached hydrogens (tertiary/aromatic N) is 2. The van der Waals surface area contributed by atoms with Crippen molar-refractivity contribution in [2.45, 2.75) is 26.3 Å². The van der Waals surface area contributed by atoms with Gasteiger partial charge in [0.15, 0.2) is 0 Å². The predicted molar refractivity (Wildman–Crippen MR) is 52.7 cm³/mol. The summed E-state index contributed by atoms with van der Waals surface area (Å²) in [6.45, 7) is 7.70. The zero-order valence-corrected chi connectivity index (χ0v) is 8.30. The number of amidine groups is 1. The molecule has 0 aromatic carbocycles. The fourth-order valence-electron chi connectivity index (χ4n) is 1.73. The third-order valence-electron chi connectivity index (χ3n) is 2.27. The van der Waals surface area contributed by atoms with E-state index in [1.54, 1.807) is 0 Å². The molecule has 1 unspecified atom stereocenters. The van der Waals surface area contributed by atoms with E-state index < -0.39 is 0 Å². The molecule has 1 heterocycles. The Hall–Kier alpha value is -0.570. The lowest BCUT2D eigenvalue weighted by Crippen LogP contribution is -2.53. The Bertz CT molecular complexity index is 163. The number of nitrogens with one attached hydrogen (secondary N) is 1. The summed E-state index contributed by atoms with van der Waals surface area (Å²) < 4.78 is 0. The minimum atomic E-state index is 0.426. The summed E-state index contributed by atoms with van der Waals surface area (Å²) in [5.41, 5.74) is 0. The Kier molecular flexibility index (Phi) is 3.53. The lowest BCUT2D eigenvalue weighted by molar-refractivity contribution is 0.354. The van der Waals surface area contributed by atoms with Crippen LogP contribution >= 0.6 is 0 Å². The highest BCUT2D eigenvalue weighted by atomic mass is 15.2. The molecule has 0 aromatic rings. The largest absolute Gasteiger partial charge is 0.358 e. The summed E-state index contributed by atoms with van der Waals surface area (Å²) in [4.78, 5) is 6.68. The topological polar surface area (TPSA) is 27.6 Å². The van der Waals surface area contributed by atoms with Gasteiger partial charge in [0.2, 0.25) is 0 Å². The average molecular weight is 169 g/mol. The molecule has 12 heavy (non-hydrogen) atoms. The van der Waals surface area contributed by atoms with E-state index in [9.17, 15) is 0 Å². The van der Waals surface area contributed by atoms with Gasteiger partial charge >= 0.3 is 0 Å². The Labute approximate surface area is 74.9 Å². The highest BCUT2D eigenvalue weighted by Gasteiger charge is 2.20. The van der Waals surface area contributed by atoms with Gasteiger partial charge in [-0.3, -0.25) is 4.99 Å². The molecule has 3 heteroatoms. The summed E-state index contributed by atoms with van der Waals surface area (Å²) in [6, 6.07) is 0.426. The Morgan fingerprint density at radius 1 is 1.67 bits per heavy atom. The van der Waals surface area contributed by atoms with Gasteiger partial charge in [-0.15, -0.1) is 0 Å². The van der Waals surface area contributed by atoms with Crippen molar-refractivity contribution < 1.29 is 0 Å². The van der Waals surface area contributed by atoms with E-state index in [2.05, 4.69) is 29.1 Å². The monoisotopic (exact) mass is 169 g/mol. The van der Waals surface area contributed by atoms with Crippen molar-refractivity contribution in [3.05, 3.63) is 0 Å². The van der Waals surface area contributed by atoms with E-state index >= 15 is 0 Å². The van der Waals surface area contributed by atoms with Crippen molar-refractivity contribution in [2.24, 2.45) is 4.99 Å². The van der Waals surface area contributed by atoms with Crippen LogP contribution in [-0.4, -0.2) is 43.5 Å². The van der Waals surface area contributed by atoms with Crippen LogP contribution in [0.25, 0.3) is 0 Å². The van der Waals surface area contributed by atoms with Gasteiger partial charge in [-0.05, 0) is 13.3 Å². The zero-order chi connectivity index (χ0) is 8.97. The lowest BCUT2D eigenvalue weighted by atomic mass is 10.2. The van der Waals surface area contributed by atoms with Crippen molar-refractivity contribution >= 4 is 5.84 Å². The maximum absolute atomic E-state index is 4.31. The summed E-state index contributed by atoms with van der Waals surface area (Å²) in [6.07, 6.45) is 1.20. The quantitative estimate of drug-likeness (QED) is 0.659. The number of rotatable bonds is 2. The molecule has 0 aromatic heterocycles. The molecule has 0 saturated carbocycles. The molecule has 1 fully saturated rings. The molecule has 1 aliphatic heterocycles. The van der Waals surface area contributed by atoms with Crippen LogP contribution in [0, 0.1) is 0 Å². The van der Waals surface area contributed by atoms with E-state index in [1.165, 1.54) is 12.3 Å². The summed E-state index contributed by atoms with van der Waals surface area (Å²) in [5.74, 6) is 1.21. The third kappa shape index (κ3) is 1.97. The summed E-state index contributed by atoms with van der Waals surface area (Å²) >= 11 is 0. The molecule has 0 aliphatic carbocycles. The summed E-state index contributed by atoms with van der Waals surface area (Å²) in [5, 5.41) is 3.40. The van der Waals surface area contributed by atoms with Gasteiger partial charge in [-0.1, -0.05) is 6.92 Å². The van der Waals surface area contributed by atoms with E-state index in [4.69, 9.17) is 0 Å². The molecule has 0 spiro atoms. The van der Waals surface area contributed by atoms with Crippen LogP contribution in [0.15, 0.2) is 4.99 Å². The maximum atomic E-state index is 4.31. The van der Waals surface area contributed by atoms with Crippen LogP contribution in [0.3, 0.4) is 0 Å². The van der Waals surface area contributed by atoms with Gasteiger partial charge in [-0.25, -0.2) is 0 Å². The van der Waals surface area contributed by atoms with Gasteiger partial charge in [0.25, 0.3) is 0 Å². The first-order chi connectivity index (χ1) is 5.79. The van der Waals surface area contributed by atoms with Crippen molar-refractivity contribution in [1.29, 1.82) is 0 Å². The van der Waals surface area contributed by atoms with Crippen LogP contribution in [0.5, 0.6) is 0 Å². The second-order valence-electron chi connectivity index (χ2n) is 3.24. The molecule has 70 valence electrons. The van der Waals surface area contributed by atoms with E-state index in [0.717, 1.165) is 19.6 Å². The van der Waals surface area contributed by atoms with Crippen molar-refractivity contribution in [2.75, 3.05) is 26.7 Å². The molecule has 3 nitrogen and oxygen atoms in total. The first-order valence-corrected chi connectivity index (χ1v) is 4.74. The van der Waals surface area contributed by atoms with Crippen molar-refractivity contribution in [3.63, 3.8) is 0 Å². The van der Waals surface area contributed by atoms with Gasteiger partial charge in [-0.2, -0.15) is 0 Å². The number of hydrogen-bond donors (Lipinski definition) is 1. The SMILES string of the molecule is CCCN1CCNC(C)C1=NC. The molecule has 0 radical (unpaired) electrons. The minimum absolute atomic E-state index is 0.426. The first kappa shape index (κ1) is 9.52. The number of aliphatic imine (C=N–C) groups is 1. The van der Waals surface area contributed by atoms with Crippen molar-refractivity contribution in [1.82, 2.24) is 10.2 Å². The van der Waals surface area contributed by atoms with E-state index in [-0.39, 0.29) is 0 Å². The lowest BCUT2D eigenvalue weighted by Gasteiger charge is -2.34. The number of piperazine rings is 1. The third-order valence-corrected chi connectivity index (χ3v) is 2.27. The molecule has 1 N–H and O–H groups in total. The Balaban J connectivity index is 2.58. The molecular weight excluding hydrogens is 150 g/mol. The fourth-order valence-corrected chi connectivity index (χ4v) is 1.73. The molecule has 0 bridgehead atoms. The highest BCUT2D eigenvalue weighted by molar-refractivity contribution is 5.87. The molecule has 1 rings (SSSR count). The highest BCUT2D eigenvalue weighted by Crippen LogP contribution is 2.03. The Morgan fingerprint density at radius 2 is 2.42 bits per heavy atom. The van der Waals surface area contributed by atoms with Gasteiger partial charge in [0.1, 0.15) is 5.84 Å². The van der Waals surface area contributed by atoms with Crippen LogP contribution in [0.4, 0.5) is 0 Å². The standard InChI is InChI=1S/C9H19N3/c1-4-6-12-7-5-11-8(2)9(12)10-3/h8,11H,4-7H2,1-3H3. The van der Waals surface area contributed by atoms with Gasteiger partial charge in [0, 0.05) is 26.7 Å².